The Balaban J connectivity index is 1.88. The highest BCUT2D eigenvalue weighted by Crippen LogP contribution is 2.35. The molecule has 3 N–H and O–H groups in total. The first kappa shape index (κ1) is 35.5. The van der Waals surface area contributed by atoms with Crippen LogP contribution < -0.4 is 16.0 Å². The Bertz CT molecular complexity index is 1900. The Labute approximate surface area is 278 Å². The number of hydrogen-bond acceptors (Lipinski definition) is 11. The van der Waals surface area contributed by atoms with E-state index in [2.05, 4.69) is 15.5 Å². The number of imide groups is 1. The predicted octanol–water partition coefficient (Wildman–Crippen LogP) is 6.81. The number of benzene rings is 2. The van der Waals surface area contributed by atoms with Gasteiger partial charge in [-0.1, -0.05) is 29.4 Å². The highest BCUT2D eigenvalue weighted by Gasteiger charge is 2.37. The molecule has 15 heteroatoms. The fraction of sp³-hybridized carbons (Fsp3) is 0.333. The molecular weight excluding hydrogens is 640 g/mol. The van der Waals surface area contributed by atoms with Gasteiger partial charge in [-0.15, -0.1) is 0 Å². The molecule has 2 aromatic heterocycles. The van der Waals surface area contributed by atoms with Crippen molar-refractivity contribution in [2.45, 2.75) is 76.7 Å². The minimum Gasteiger partial charge on any atom is -0.443 e. The van der Waals surface area contributed by atoms with E-state index >= 15 is 0 Å². The van der Waals surface area contributed by atoms with E-state index in [-0.39, 0.29) is 27.9 Å². The molecule has 0 aliphatic rings. The summed E-state index contributed by atoms with van der Waals surface area (Å²) in [5, 5.41) is 6.01. The summed E-state index contributed by atoms with van der Waals surface area (Å²) < 4.78 is 42.1. The standard InChI is InChI=1S/C33H38N6O8S/c1-19(2)48(43,44)23-15-11-21(12-16-23)25-18-35-28(39(30(41)45-32(3,4)5)31(42)46-33(6,7)8)27(37-25)26-17-24(38-47-26)20-9-13-22(14-10-20)36-29(34)40/h9-19H,1-8H3,(H3,34,36,40). The zero-order chi connectivity index (χ0) is 35.6. The summed E-state index contributed by atoms with van der Waals surface area (Å²) in [6.45, 7) is 13.0. The number of urea groups is 1. The van der Waals surface area contributed by atoms with E-state index in [1.807, 2.05) is 0 Å². The van der Waals surface area contributed by atoms with Gasteiger partial charge in [-0.3, -0.25) is 0 Å². The zero-order valence-electron chi connectivity index (χ0n) is 27.9. The van der Waals surface area contributed by atoms with Crippen LogP contribution in [0.4, 0.5) is 25.9 Å². The van der Waals surface area contributed by atoms with Gasteiger partial charge in [0, 0.05) is 22.9 Å². The SMILES string of the molecule is CC(C)S(=O)(=O)c1ccc(-c2cnc(N(C(=O)OC(C)(C)C)C(=O)OC(C)(C)C)c(-c3cc(-c4ccc(NC(N)=O)cc4)no3)n2)cc1. The number of carbonyl (C=O) groups is 3. The first-order chi connectivity index (χ1) is 22.2. The third-order valence-corrected chi connectivity index (χ3v) is 8.58. The van der Waals surface area contributed by atoms with Gasteiger partial charge < -0.3 is 25.0 Å². The average molecular weight is 679 g/mol. The second kappa shape index (κ2) is 13.4. The lowest BCUT2D eigenvalue weighted by molar-refractivity contribution is 0.0429. The summed E-state index contributed by atoms with van der Waals surface area (Å²) in [4.78, 5) is 48.2. The smallest absolute Gasteiger partial charge is 0.425 e. The number of rotatable bonds is 7. The van der Waals surface area contributed by atoms with Crippen LogP contribution in [0.5, 0.6) is 0 Å². The molecule has 0 saturated carbocycles. The molecule has 0 aliphatic carbocycles. The minimum absolute atomic E-state index is 0.0322. The van der Waals surface area contributed by atoms with Crippen molar-refractivity contribution in [3.05, 3.63) is 60.8 Å². The van der Waals surface area contributed by atoms with Gasteiger partial charge in [0.1, 0.15) is 16.9 Å². The molecule has 0 fully saturated rings. The van der Waals surface area contributed by atoms with E-state index in [0.29, 0.717) is 27.4 Å². The highest BCUT2D eigenvalue weighted by atomic mass is 32.2. The predicted molar refractivity (Wildman–Crippen MR) is 179 cm³/mol. The van der Waals surface area contributed by atoms with Gasteiger partial charge in [-0.05, 0) is 79.7 Å². The molecule has 0 bridgehead atoms. The topological polar surface area (TPSA) is 197 Å². The van der Waals surface area contributed by atoms with Crippen molar-refractivity contribution in [1.82, 2.24) is 15.1 Å². The third kappa shape index (κ3) is 8.53. The quantitative estimate of drug-likeness (QED) is 0.208. The van der Waals surface area contributed by atoms with Crippen molar-refractivity contribution in [2.24, 2.45) is 5.73 Å². The molecule has 4 amide bonds. The molecule has 0 aliphatic heterocycles. The molecule has 2 heterocycles. The van der Waals surface area contributed by atoms with Crippen molar-refractivity contribution in [1.29, 1.82) is 0 Å². The van der Waals surface area contributed by atoms with Gasteiger partial charge in [0.15, 0.2) is 27.1 Å². The Kier molecular flexibility index (Phi) is 9.94. The maximum atomic E-state index is 13.5. The maximum absolute atomic E-state index is 13.5. The molecule has 4 aromatic rings. The molecule has 14 nitrogen and oxygen atoms in total. The van der Waals surface area contributed by atoms with Crippen LogP contribution in [0.15, 0.2) is 70.2 Å². The van der Waals surface area contributed by atoms with Crippen LogP contribution in [-0.4, -0.2) is 58.2 Å². The van der Waals surface area contributed by atoms with Crippen molar-refractivity contribution in [3.8, 4) is 34.0 Å². The number of ether oxygens (including phenoxy) is 2. The number of amides is 4. The van der Waals surface area contributed by atoms with E-state index in [1.54, 1.807) is 91.8 Å². The number of sulfone groups is 1. The molecule has 0 unspecified atom stereocenters. The lowest BCUT2D eigenvalue weighted by atomic mass is 10.1. The number of nitrogens with two attached hydrogens (primary N) is 1. The molecule has 254 valence electrons. The number of nitrogens with one attached hydrogen (secondary N) is 1. The van der Waals surface area contributed by atoms with Gasteiger partial charge in [0.05, 0.1) is 22.0 Å². The highest BCUT2D eigenvalue weighted by molar-refractivity contribution is 7.92. The normalized spacial score (nSPS) is 12.0. The third-order valence-electron chi connectivity index (χ3n) is 6.41. The van der Waals surface area contributed by atoms with Crippen molar-refractivity contribution in [3.63, 3.8) is 0 Å². The van der Waals surface area contributed by atoms with Crippen molar-refractivity contribution in [2.75, 3.05) is 10.2 Å². The summed E-state index contributed by atoms with van der Waals surface area (Å²) >= 11 is 0. The molecule has 0 atom stereocenters. The largest absolute Gasteiger partial charge is 0.443 e. The van der Waals surface area contributed by atoms with Crippen LogP contribution in [0, 0.1) is 0 Å². The van der Waals surface area contributed by atoms with Crippen molar-refractivity contribution < 1.29 is 36.8 Å². The zero-order valence-corrected chi connectivity index (χ0v) is 28.7. The number of carbonyl (C=O) groups excluding carboxylic acids is 3. The molecule has 4 rings (SSSR count). The number of anilines is 2. The molecular formula is C33H38N6O8S. The Morgan fingerprint density at radius 1 is 0.854 bits per heavy atom. The van der Waals surface area contributed by atoms with Crippen LogP contribution in [0.2, 0.25) is 0 Å². The van der Waals surface area contributed by atoms with Crippen LogP contribution >= 0.6 is 0 Å². The summed E-state index contributed by atoms with van der Waals surface area (Å²) in [5.41, 5.74) is 5.35. The number of hydrogen-bond donors (Lipinski definition) is 2. The van der Waals surface area contributed by atoms with Gasteiger partial charge in [0.2, 0.25) is 0 Å². The Morgan fingerprint density at radius 3 is 1.88 bits per heavy atom. The molecule has 0 saturated heterocycles. The second-order valence-corrected chi connectivity index (χ2v) is 15.5. The molecule has 2 aromatic carbocycles. The molecule has 48 heavy (non-hydrogen) atoms. The van der Waals surface area contributed by atoms with Crippen LogP contribution in [-0.2, 0) is 19.3 Å². The summed E-state index contributed by atoms with van der Waals surface area (Å²) in [7, 11) is -3.52. The number of aromatic nitrogens is 3. The summed E-state index contributed by atoms with van der Waals surface area (Å²) in [6.07, 6.45) is -0.810. The van der Waals surface area contributed by atoms with Crippen LogP contribution in [0.25, 0.3) is 34.0 Å². The van der Waals surface area contributed by atoms with Gasteiger partial charge in [-0.25, -0.2) is 32.8 Å². The summed E-state index contributed by atoms with van der Waals surface area (Å²) in [6, 6.07) is 13.5. The lowest BCUT2D eigenvalue weighted by Gasteiger charge is -2.28. The first-order valence-electron chi connectivity index (χ1n) is 14.9. The number of nitrogens with zero attached hydrogens (tertiary/aromatic N) is 4. The maximum Gasteiger partial charge on any atom is 0.425 e. The van der Waals surface area contributed by atoms with Gasteiger partial charge >= 0.3 is 18.2 Å². The van der Waals surface area contributed by atoms with Gasteiger partial charge in [-0.2, -0.15) is 4.90 Å². The van der Waals surface area contributed by atoms with E-state index in [9.17, 15) is 22.8 Å². The van der Waals surface area contributed by atoms with E-state index in [1.165, 1.54) is 24.4 Å². The van der Waals surface area contributed by atoms with Crippen molar-refractivity contribution >= 4 is 39.6 Å². The molecule has 0 spiro atoms. The van der Waals surface area contributed by atoms with Crippen LogP contribution in [0.1, 0.15) is 55.4 Å². The minimum atomic E-state index is -3.52. The van der Waals surface area contributed by atoms with E-state index in [0.717, 1.165) is 0 Å². The van der Waals surface area contributed by atoms with E-state index in [4.69, 9.17) is 24.7 Å². The van der Waals surface area contributed by atoms with Gasteiger partial charge in [0.25, 0.3) is 0 Å². The number of primary amides is 1. The summed E-state index contributed by atoms with van der Waals surface area (Å²) in [5.74, 6) is -0.227. The fourth-order valence-corrected chi connectivity index (χ4v) is 5.25. The Hall–Kier alpha value is -5.31. The first-order valence-corrected chi connectivity index (χ1v) is 16.4. The average Bonchev–Trinajstić information content (AvgIpc) is 3.46. The molecule has 0 radical (unpaired) electrons. The second-order valence-electron chi connectivity index (χ2n) is 13.0. The van der Waals surface area contributed by atoms with E-state index < -0.39 is 44.5 Å². The Morgan fingerprint density at radius 2 is 1.38 bits per heavy atom. The fourth-order valence-electron chi connectivity index (χ4n) is 4.19. The monoisotopic (exact) mass is 678 g/mol. The lowest BCUT2D eigenvalue weighted by Crippen LogP contribution is -2.44. The van der Waals surface area contributed by atoms with Crippen LogP contribution in [0.3, 0.4) is 0 Å².